The highest BCUT2D eigenvalue weighted by atomic mass is 31.1. The van der Waals surface area contributed by atoms with Crippen LogP contribution in [-0.4, -0.2) is 38.1 Å². The molecule has 0 aromatic carbocycles. The van der Waals surface area contributed by atoms with E-state index in [2.05, 4.69) is 6.92 Å². The van der Waals surface area contributed by atoms with E-state index in [1.165, 1.54) is 0 Å². The molecule has 0 radical (unpaired) electrons. The summed E-state index contributed by atoms with van der Waals surface area (Å²) in [5.41, 5.74) is 0. The van der Waals surface area contributed by atoms with E-state index in [-0.39, 0.29) is 31.0 Å². The van der Waals surface area contributed by atoms with Gasteiger partial charge in [-0.3, -0.25) is 0 Å². The van der Waals surface area contributed by atoms with Crippen molar-refractivity contribution in [1.29, 1.82) is 0 Å². The van der Waals surface area contributed by atoms with Crippen molar-refractivity contribution in [3.8, 4) is 0 Å². The Balaban J connectivity index is 2.37. The molecular formula is C13H26O5P+. The summed E-state index contributed by atoms with van der Waals surface area (Å²) in [6.45, 7) is 8.34. The van der Waals surface area contributed by atoms with Crippen LogP contribution in [0.4, 0.5) is 0 Å². The first-order chi connectivity index (χ1) is 9.03. The molecule has 1 fully saturated rings. The molecule has 1 heterocycles. The summed E-state index contributed by atoms with van der Waals surface area (Å²) < 4.78 is 33.5. The lowest BCUT2D eigenvalue weighted by Crippen LogP contribution is -2.31. The molecule has 1 aliphatic rings. The van der Waals surface area contributed by atoms with Gasteiger partial charge in [-0.15, -0.1) is 9.05 Å². The van der Waals surface area contributed by atoms with Gasteiger partial charge in [0.2, 0.25) is 0 Å². The van der Waals surface area contributed by atoms with Crippen molar-refractivity contribution in [1.82, 2.24) is 0 Å². The molecule has 1 rings (SSSR count). The van der Waals surface area contributed by atoms with E-state index in [9.17, 15) is 4.57 Å². The van der Waals surface area contributed by atoms with Gasteiger partial charge in [-0.1, -0.05) is 20.8 Å². The summed E-state index contributed by atoms with van der Waals surface area (Å²) in [7, 11) is -0.423. The van der Waals surface area contributed by atoms with Crippen LogP contribution in [-0.2, 0) is 23.1 Å². The first-order valence-corrected chi connectivity index (χ1v) is 8.08. The SMILES string of the molecule is CCC(CC)O[P+](=O)OC[C@H]1O[C@@H](C)[C@H](C)[C@@H]1OC. The molecule has 0 spiro atoms. The third-order valence-corrected chi connectivity index (χ3v) is 4.61. The number of ether oxygens (including phenoxy) is 2. The van der Waals surface area contributed by atoms with Crippen LogP contribution < -0.4 is 0 Å². The fourth-order valence-corrected chi connectivity index (χ4v) is 3.18. The van der Waals surface area contributed by atoms with E-state index in [0.717, 1.165) is 12.8 Å². The summed E-state index contributed by atoms with van der Waals surface area (Å²) in [5, 5.41) is 0. The Kier molecular flexibility index (Phi) is 7.40. The minimum atomic E-state index is -2.09. The second-order valence-corrected chi connectivity index (χ2v) is 5.92. The van der Waals surface area contributed by atoms with E-state index in [1.54, 1.807) is 7.11 Å². The van der Waals surface area contributed by atoms with Gasteiger partial charge in [-0.05, 0) is 19.8 Å². The predicted molar refractivity (Wildman–Crippen MR) is 73.3 cm³/mol. The molecule has 1 unspecified atom stereocenters. The molecule has 0 saturated carbocycles. The van der Waals surface area contributed by atoms with Gasteiger partial charge in [0, 0.05) is 17.6 Å². The van der Waals surface area contributed by atoms with Crippen LogP contribution in [0.25, 0.3) is 0 Å². The topological polar surface area (TPSA) is 54.0 Å². The van der Waals surface area contributed by atoms with E-state index < -0.39 is 8.25 Å². The molecular weight excluding hydrogens is 267 g/mol. The lowest BCUT2D eigenvalue weighted by atomic mass is 9.99. The maximum atomic E-state index is 11.7. The van der Waals surface area contributed by atoms with E-state index in [4.69, 9.17) is 18.5 Å². The molecule has 0 bridgehead atoms. The van der Waals surface area contributed by atoms with Crippen molar-refractivity contribution in [2.24, 2.45) is 5.92 Å². The highest BCUT2D eigenvalue weighted by Crippen LogP contribution is 2.33. The lowest BCUT2D eigenvalue weighted by molar-refractivity contribution is -0.0277. The normalized spacial score (nSPS) is 32.0. The molecule has 19 heavy (non-hydrogen) atoms. The molecule has 1 aliphatic heterocycles. The highest BCUT2D eigenvalue weighted by Gasteiger charge is 2.42. The predicted octanol–water partition coefficient (Wildman–Crippen LogP) is 3.30. The number of rotatable bonds is 8. The van der Waals surface area contributed by atoms with Crippen molar-refractivity contribution in [2.75, 3.05) is 13.7 Å². The number of hydrogen-bond donors (Lipinski definition) is 0. The second-order valence-electron chi connectivity index (χ2n) is 5.00. The standard InChI is InChI=1S/C13H26O5P/c1-6-11(7-2)18-19(14)16-8-12-13(15-5)9(3)10(4)17-12/h9-13H,6-8H2,1-5H3/q+1/t9-,10-,12+,13-/m0/s1. The van der Waals surface area contributed by atoms with Crippen molar-refractivity contribution < 1.29 is 23.1 Å². The van der Waals surface area contributed by atoms with Gasteiger partial charge in [0.15, 0.2) is 0 Å². The molecule has 0 aromatic rings. The average molecular weight is 293 g/mol. The zero-order valence-corrected chi connectivity index (χ0v) is 13.4. The molecule has 0 aromatic heterocycles. The van der Waals surface area contributed by atoms with Crippen molar-refractivity contribution in [2.45, 2.75) is 65.0 Å². The van der Waals surface area contributed by atoms with Crippen LogP contribution in [0.1, 0.15) is 40.5 Å². The van der Waals surface area contributed by atoms with Gasteiger partial charge < -0.3 is 9.47 Å². The molecule has 0 N–H and O–H groups in total. The van der Waals surface area contributed by atoms with Gasteiger partial charge in [0.1, 0.15) is 18.8 Å². The quantitative estimate of drug-likeness (QED) is 0.643. The van der Waals surface area contributed by atoms with Crippen LogP contribution in [0.3, 0.4) is 0 Å². The third-order valence-electron chi connectivity index (χ3n) is 3.78. The molecule has 5 atom stereocenters. The highest BCUT2D eigenvalue weighted by molar-refractivity contribution is 7.33. The Morgan fingerprint density at radius 2 is 1.89 bits per heavy atom. The zero-order valence-electron chi connectivity index (χ0n) is 12.5. The first kappa shape index (κ1) is 17.0. The second kappa shape index (κ2) is 8.28. The fraction of sp³-hybridized carbons (Fsp3) is 1.00. The lowest BCUT2D eigenvalue weighted by Gasteiger charge is -2.17. The van der Waals surface area contributed by atoms with E-state index >= 15 is 0 Å². The van der Waals surface area contributed by atoms with Crippen molar-refractivity contribution in [3.05, 3.63) is 0 Å². The van der Waals surface area contributed by atoms with Gasteiger partial charge in [0.25, 0.3) is 0 Å². The third kappa shape index (κ3) is 4.76. The van der Waals surface area contributed by atoms with Crippen LogP contribution >= 0.6 is 8.25 Å². The maximum absolute atomic E-state index is 11.7. The summed E-state index contributed by atoms with van der Waals surface area (Å²) >= 11 is 0. The Bertz CT molecular complexity index is 282. The molecule has 1 saturated heterocycles. The Labute approximate surface area is 116 Å². The van der Waals surface area contributed by atoms with Crippen LogP contribution in [0.2, 0.25) is 0 Å². The number of hydrogen-bond acceptors (Lipinski definition) is 5. The van der Waals surface area contributed by atoms with Gasteiger partial charge in [-0.25, -0.2) is 0 Å². The largest absolute Gasteiger partial charge is 0.697 e. The maximum Gasteiger partial charge on any atom is 0.697 e. The smallest absolute Gasteiger partial charge is 0.378 e. The summed E-state index contributed by atoms with van der Waals surface area (Å²) in [6.07, 6.45) is 1.57. The van der Waals surface area contributed by atoms with E-state index in [0.29, 0.717) is 5.92 Å². The Morgan fingerprint density at radius 3 is 2.42 bits per heavy atom. The number of methoxy groups -OCH3 is 1. The minimum Gasteiger partial charge on any atom is -0.378 e. The van der Waals surface area contributed by atoms with Crippen molar-refractivity contribution >= 4 is 8.25 Å². The fourth-order valence-electron chi connectivity index (χ4n) is 2.31. The first-order valence-electron chi connectivity index (χ1n) is 6.98. The van der Waals surface area contributed by atoms with Gasteiger partial charge in [-0.2, -0.15) is 0 Å². The van der Waals surface area contributed by atoms with Crippen molar-refractivity contribution in [3.63, 3.8) is 0 Å². The zero-order chi connectivity index (χ0) is 14.4. The summed E-state index contributed by atoms with van der Waals surface area (Å²) in [5.74, 6) is 0.302. The molecule has 0 amide bonds. The monoisotopic (exact) mass is 293 g/mol. The average Bonchev–Trinajstić information content (AvgIpc) is 2.68. The molecule has 112 valence electrons. The molecule has 6 heteroatoms. The summed E-state index contributed by atoms with van der Waals surface area (Å²) in [4.78, 5) is 0. The van der Waals surface area contributed by atoms with Gasteiger partial charge in [0.05, 0.1) is 12.2 Å². The van der Waals surface area contributed by atoms with E-state index in [1.807, 2.05) is 20.8 Å². The Morgan fingerprint density at radius 1 is 1.26 bits per heavy atom. The van der Waals surface area contributed by atoms with Crippen LogP contribution in [0, 0.1) is 5.92 Å². The Hall–Kier alpha value is -0.0600. The molecule has 5 nitrogen and oxygen atoms in total. The van der Waals surface area contributed by atoms with Gasteiger partial charge >= 0.3 is 8.25 Å². The minimum absolute atomic E-state index is 0.0100. The van der Waals surface area contributed by atoms with Crippen LogP contribution in [0.15, 0.2) is 0 Å². The molecule has 0 aliphatic carbocycles. The van der Waals surface area contributed by atoms with Crippen LogP contribution in [0.5, 0.6) is 0 Å². The summed E-state index contributed by atoms with van der Waals surface area (Å²) in [6, 6.07) is 0.